The number of benzene rings is 7. The maximum Gasteiger partial charge on any atom is 0.0736 e. The van der Waals surface area contributed by atoms with Gasteiger partial charge in [0, 0.05) is 70.0 Å². The van der Waals surface area contributed by atoms with Crippen molar-refractivity contribution in [2.75, 3.05) is 0 Å². The van der Waals surface area contributed by atoms with Crippen LogP contribution in [-0.4, -0.2) is 0 Å². The summed E-state index contributed by atoms with van der Waals surface area (Å²) in [4.78, 5) is 8.32. The molecule has 15 rings (SSSR count). The van der Waals surface area contributed by atoms with E-state index in [1.54, 1.807) is 0 Å². The van der Waals surface area contributed by atoms with Crippen LogP contribution in [0, 0.1) is 27.7 Å². The fourth-order valence-corrected chi connectivity index (χ4v) is 21.4. The predicted octanol–water partition coefficient (Wildman–Crippen LogP) is 21.8. The van der Waals surface area contributed by atoms with Crippen molar-refractivity contribution >= 4 is 96.2 Å². The average molecular weight is 1110 g/mol. The molecule has 0 amide bonds. The molecule has 0 radical (unpaired) electrons. The Labute approximate surface area is 481 Å². The van der Waals surface area contributed by atoms with E-state index in [1.807, 2.05) is 68.0 Å². The van der Waals surface area contributed by atoms with Crippen LogP contribution >= 0.6 is 68.0 Å². The number of thiophene rings is 6. The van der Waals surface area contributed by atoms with Crippen LogP contribution in [0.25, 0.3) is 58.8 Å². The lowest BCUT2D eigenvalue weighted by atomic mass is 9.65. The molecule has 6 heteroatoms. The molecule has 0 fully saturated rings. The molecule has 380 valence electrons. The van der Waals surface area contributed by atoms with E-state index in [0.29, 0.717) is 0 Å². The summed E-state index contributed by atoms with van der Waals surface area (Å²) in [5, 5.41) is 0. The van der Waals surface area contributed by atoms with Crippen molar-refractivity contribution in [3.63, 3.8) is 0 Å². The van der Waals surface area contributed by atoms with E-state index in [0.717, 1.165) is 0 Å². The Bertz CT molecular complexity index is 4360. The molecule has 0 spiro atoms. The van der Waals surface area contributed by atoms with Crippen molar-refractivity contribution in [1.29, 1.82) is 0 Å². The quantitative estimate of drug-likeness (QED) is 0.135. The second kappa shape index (κ2) is 17.5. The fraction of sp³-hybridized carbons (Fsp3) is 0.167. The number of hydrogen-bond acceptors (Lipinski definition) is 6. The molecular weight excluding hydrogens is 1060 g/mol. The summed E-state index contributed by atoms with van der Waals surface area (Å²) in [5.41, 5.74) is 20.0. The Morgan fingerprint density at radius 3 is 1.09 bits per heavy atom. The van der Waals surface area contributed by atoms with Crippen molar-refractivity contribution in [3.05, 3.63) is 282 Å². The Kier molecular flexibility index (Phi) is 10.9. The Morgan fingerprint density at radius 2 is 0.667 bits per heavy atom. The first-order valence-electron chi connectivity index (χ1n) is 27.0. The van der Waals surface area contributed by atoms with Gasteiger partial charge in [0.25, 0.3) is 0 Å². The SMILES string of the molecule is Cc1ccc(C2(c3ccc(C)cc3)c3cc4c(cc3-c3sc5cc(-c6cc7sc(C(C)(C)c8ccccc8)cc7s6)sc5c32)C(c2ccc(C)cc2)(c2ccc(C)cc2)c2c-4sc3cc(C(C)(C)c4ccccc4)sc23)cc1. The van der Waals surface area contributed by atoms with Crippen molar-refractivity contribution < 1.29 is 0 Å². The van der Waals surface area contributed by atoms with Crippen molar-refractivity contribution in [2.45, 2.75) is 77.0 Å². The van der Waals surface area contributed by atoms with Gasteiger partial charge >= 0.3 is 0 Å². The van der Waals surface area contributed by atoms with E-state index >= 15 is 0 Å². The zero-order chi connectivity index (χ0) is 53.0. The first kappa shape index (κ1) is 48.6. The maximum atomic E-state index is 2.69. The largest absolute Gasteiger partial charge is 0.138 e. The zero-order valence-electron chi connectivity index (χ0n) is 44.9. The summed E-state index contributed by atoms with van der Waals surface area (Å²) >= 11 is 11.9. The molecule has 0 unspecified atom stereocenters. The Morgan fingerprint density at radius 1 is 0.321 bits per heavy atom. The molecule has 0 saturated carbocycles. The van der Waals surface area contributed by atoms with Gasteiger partial charge in [-0.05, 0) is 120 Å². The van der Waals surface area contributed by atoms with E-state index in [4.69, 9.17) is 0 Å². The normalized spacial score (nSPS) is 14.4. The lowest BCUT2D eigenvalue weighted by molar-refractivity contribution is 0.656. The smallest absolute Gasteiger partial charge is 0.0736 e. The van der Waals surface area contributed by atoms with E-state index < -0.39 is 10.8 Å². The van der Waals surface area contributed by atoms with Crippen LogP contribution in [0.2, 0.25) is 0 Å². The van der Waals surface area contributed by atoms with Crippen LogP contribution in [0.3, 0.4) is 0 Å². The zero-order valence-corrected chi connectivity index (χ0v) is 49.8. The minimum atomic E-state index is -0.574. The molecule has 13 aromatic rings. The van der Waals surface area contributed by atoms with E-state index in [2.05, 4.69) is 250 Å². The summed E-state index contributed by atoms with van der Waals surface area (Å²) in [5.74, 6) is 0. The van der Waals surface area contributed by atoms with Crippen LogP contribution in [0.4, 0.5) is 0 Å². The lowest BCUT2D eigenvalue weighted by Crippen LogP contribution is -2.30. The van der Waals surface area contributed by atoms with E-state index in [1.165, 1.54) is 146 Å². The highest BCUT2D eigenvalue weighted by Crippen LogP contribution is 2.68. The molecule has 0 nitrogen and oxygen atoms in total. The molecule has 0 atom stereocenters. The second-order valence-corrected chi connectivity index (χ2v) is 29.4. The lowest BCUT2D eigenvalue weighted by Gasteiger charge is -2.35. The number of hydrogen-bond donors (Lipinski definition) is 0. The van der Waals surface area contributed by atoms with Gasteiger partial charge in [-0.3, -0.25) is 0 Å². The van der Waals surface area contributed by atoms with Crippen molar-refractivity contribution in [3.8, 4) is 30.6 Å². The van der Waals surface area contributed by atoms with Gasteiger partial charge in [-0.2, -0.15) is 0 Å². The number of fused-ring (bicyclic) bond motifs is 11. The van der Waals surface area contributed by atoms with Gasteiger partial charge in [0.2, 0.25) is 0 Å². The summed E-state index contributed by atoms with van der Waals surface area (Å²) in [6.45, 7) is 18.4. The third kappa shape index (κ3) is 6.90. The molecule has 6 heterocycles. The van der Waals surface area contributed by atoms with Crippen LogP contribution in [0.1, 0.15) is 115 Å². The van der Waals surface area contributed by atoms with Gasteiger partial charge in [0.1, 0.15) is 0 Å². The molecule has 0 N–H and O–H groups in total. The third-order valence-electron chi connectivity index (χ3n) is 17.5. The standard InChI is InChI=1S/C72H56S6/c1-41-19-27-47(28-20-41)71(48-29-21-42(2)22-30-48)53-36-52-54(35-51(53)65-63(71)67-59(76-65)38-57(75-67)55-37-56-58(73-55)39-61(74-56)69(5,6)45-15-11-9-12-16-45)72(49-31-23-43(3)24-32-49,50-33-25-44(4)26-34-50)64-66(52)77-60-40-62(78-68(60)64)70(7,8)46-17-13-10-14-18-46/h9-40H,1-8H3. The molecule has 0 saturated heterocycles. The molecule has 6 aromatic heterocycles. The van der Waals surface area contributed by atoms with Gasteiger partial charge in [-0.25, -0.2) is 0 Å². The fourth-order valence-electron chi connectivity index (χ4n) is 13.1. The van der Waals surface area contributed by atoms with Crippen LogP contribution in [-0.2, 0) is 21.7 Å². The monoisotopic (exact) mass is 1110 g/mol. The predicted molar refractivity (Wildman–Crippen MR) is 342 cm³/mol. The summed E-state index contributed by atoms with van der Waals surface area (Å²) in [6.07, 6.45) is 0. The minimum absolute atomic E-state index is 0.0637. The van der Waals surface area contributed by atoms with Crippen LogP contribution in [0.5, 0.6) is 0 Å². The van der Waals surface area contributed by atoms with Crippen molar-refractivity contribution in [2.24, 2.45) is 0 Å². The van der Waals surface area contributed by atoms with Crippen LogP contribution in [0.15, 0.2) is 194 Å². The molecule has 7 aromatic carbocycles. The highest BCUT2D eigenvalue weighted by atomic mass is 32.1. The Balaban J connectivity index is 0.998. The van der Waals surface area contributed by atoms with Crippen LogP contribution < -0.4 is 0 Å². The molecular formula is C72H56S6. The van der Waals surface area contributed by atoms with Crippen molar-refractivity contribution in [1.82, 2.24) is 0 Å². The molecule has 78 heavy (non-hydrogen) atoms. The average Bonchev–Trinajstić information content (AvgIpc) is 3.54. The number of aryl methyl sites for hydroxylation is 4. The molecule has 0 aliphatic heterocycles. The summed E-state index contributed by atoms with van der Waals surface area (Å²) in [6, 6.07) is 75.6. The topological polar surface area (TPSA) is 0 Å². The van der Waals surface area contributed by atoms with Gasteiger partial charge in [0.05, 0.1) is 20.2 Å². The van der Waals surface area contributed by atoms with Gasteiger partial charge < -0.3 is 0 Å². The summed E-state index contributed by atoms with van der Waals surface area (Å²) < 4.78 is 8.30. The summed E-state index contributed by atoms with van der Waals surface area (Å²) in [7, 11) is 0. The molecule has 0 bridgehead atoms. The van der Waals surface area contributed by atoms with E-state index in [9.17, 15) is 0 Å². The second-order valence-electron chi connectivity index (χ2n) is 23.1. The first-order chi connectivity index (χ1) is 37.7. The van der Waals surface area contributed by atoms with Gasteiger partial charge in [-0.1, -0.05) is 208 Å². The highest BCUT2D eigenvalue weighted by Gasteiger charge is 2.54. The van der Waals surface area contributed by atoms with Gasteiger partial charge in [-0.15, -0.1) is 68.0 Å². The first-order valence-corrected chi connectivity index (χ1v) is 31.9. The maximum absolute atomic E-state index is 2.69. The molecule has 2 aliphatic rings. The van der Waals surface area contributed by atoms with Gasteiger partial charge in [0.15, 0.2) is 0 Å². The third-order valence-corrected chi connectivity index (χ3v) is 25.6. The highest BCUT2D eigenvalue weighted by molar-refractivity contribution is 7.35. The minimum Gasteiger partial charge on any atom is -0.138 e. The van der Waals surface area contributed by atoms with E-state index in [-0.39, 0.29) is 10.8 Å². The molecule has 2 aliphatic carbocycles. The Hall–Kier alpha value is -6.48. The number of rotatable bonds is 9.